The number of fused-ring (bicyclic) bond motifs is 12. The maximum absolute atomic E-state index is 11.8. The monoisotopic (exact) mass is 1630 g/mol. The van der Waals surface area contributed by atoms with Gasteiger partial charge in [0.1, 0.15) is 22.4 Å². The number of H-pyrrole nitrogens is 4. The van der Waals surface area contributed by atoms with Crippen LogP contribution in [0.3, 0.4) is 0 Å². The summed E-state index contributed by atoms with van der Waals surface area (Å²) in [6.45, 7) is 41.2. The minimum absolute atomic E-state index is 0. The number of aromatic nitrogens is 4. The molecule has 4 atom stereocenters. The molecule has 113 heavy (non-hydrogen) atoms. The number of aliphatic hydroxyl groups excluding tert-OH is 4. The van der Waals surface area contributed by atoms with E-state index in [-0.39, 0.29) is 57.3 Å². The zero-order chi connectivity index (χ0) is 82.5. The molecule has 0 amide bonds. The molecule has 8 N–H and O–H groups in total. The first kappa shape index (κ1) is 91.1. The quantitative estimate of drug-likeness (QED) is 0.0123. The second-order valence-corrected chi connectivity index (χ2v) is 31.9. The number of aliphatic hydroxyl groups is 4. The highest BCUT2D eigenvalue weighted by Gasteiger charge is 2.43. The first-order valence-corrected chi connectivity index (χ1v) is 42.3. The third-order valence-electron chi connectivity index (χ3n) is 22.9. The van der Waals surface area contributed by atoms with Gasteiger partial charge in [0.25, 0.3) is 0 Å². The summed E-state index contributed by atoms with van der Waals surface area (Å²) in [7, 11) is 0. The standard InChI is InChI=1S/2C23H33NO4.C23H31NO4.C18H24BrNO2.C5H8O2.H2/c3*1-5-23(10-11-25)22-17(9-12-28-23)19-14-16(7-8-20(26)27-6-2)13-18(15(3)4)21(19)24-22;1-4-18(6-7-21)17-13(5-8-22-18)15-10-12(19)9-14(11(2)3)16(15)20-17;1-3-5(6)7-4-2;/h2*13-15,24-25H,5-12H2,1-4H3;7-8,13-15,24-25H,5-6,9-12H2,1-4H3;9-11,20-21H,4-8H2,1-3H3;3H,1,4H2,2H3;1H. The Balaban J connectivity index is 0.000000205. The van der Waals surface area contributed by atoms with Gasteiger partial charge in [0.15, 0.2) is 0 Å². The second-order valence-electron chi connectivity index (χ2n) is 31.0. The predicted molar refractivity (Wildman–Crippen MR) is 455 cm³/mol. The van der Waals surface area contributed by atoms with E-state index in [9.17, 15) is 39.6 Å². The molecule has 8 aromatic rings. The fourth-order valence-electron chi connectivity index (χ4n) is 17.0. The summed E-state index contributed by atoms with van der Waals surface area (Å²) < 4.78 is 45.4. The number of esters is 4. The topological polar surface area (TPSA) is 286 Å². The number of aromatic amines is 4. The van der Waals surface area contributed by atoms with E-state index in [2.05, 4.69) is 179 Å². The third-order valence-corrected chi connectivity index (χ3v) is 23.3. The smallest absolute Gasteiger partial charge is 0.330 e. The molecule has 622 valence electrons. The van der Waals surface area contributed by atoms with Crippen LogP contribution < -0.4 is 0 Å². The molecule has 0 saturated carbocycles. The zero-order valence-electron chi connectivity index (χ0n) is 70.2. The van der Waals surface area contributed by atoms with Crippen molar-refractivity contribution in [3.05, 3.63) is 156 Å². The minimum Gasteiger partial charge on any atom is -0.466 e. The van der Waals surface area contributed by atoms with Crippen molar-refractivity contribution in [2.45, 2.75) is 260 Å². The molecule has 0 radical (unpaired) electrons. The number of rotatable bonds is 29. The van der Waals surface area contributed by atoms with Crippen LogP contribution in [0, 0.1) is 0 Å². The number of carbonyl (C=O) groups is 4. The van der Waals surface area contributed by atoms with Crippen LogP contribution in [0.25, 0.3) is 49.7 Å². The summed E-state index contributed by atoms with van der Waals surface area (Å²) in [6, 6.07) is 17.6. The molecule has 0 fully saturated rings. The van der Waals surface area contributed by atoms with Crippen molar-refractivity contribution < 1.29 is 78.9 Å². The molecule has 4 unspecified atom stereocenters. The highest BCUT2D eigenvalue weighted by Crippen LogP contribution is 2.48. The SMILES string of the molecule is C=CC(=O)OCC.CCC1(CCO)OCCc2c1[nH]c1c(C(C)C)cc(Br)cc21.CCOC(=O)C=Cc1cc(C(C)C)c2[nH]c3c(c2c1)CCOC3(CC)CCO.CCOC(=O)CCc1cc(C(C)C)c2[nH]c3c(c2c1)CCOC3(CC)CCO.CCOC(=O)CCc1cc(C(C)C)c2[nH]c3c(c2c1)CCOC3(CC)CCO.[HH]. The Labute approximate surface area is 679 Å². The van der Waals surface area contributed by atoms with Gasteiger partial charge in [-0.15, -0.1) is 0 Å². The average Bonchev–Trinajstić information content (AvgIpc) is 1.61. The molecule has 4 aliphatic rings. The Morgan fingerprint density at radius 1 is 0.442 bits per heavy atom. The molecule has 0 bridgehead atoms. The summed E-state index contributed by atoms with van der Waals surface area (Å²) in [5.41, 5.74) is 21.1. The van der Waals surface area contributed by atoms with E-state index in [0.717, 1.165) is 96.7 Å². The molecule has 4 aromatic carbocycles. The van der Waals surface area contributed by atoms with E-state index in [1.165, 1.54) is 105 Å². The van der Waals surface area contributed by atoms with Crippen LogP contribution in [0.5, 0.6) is 0 Å². The summed E-state index contributed by atoms with van der Waals surface area (Å²) in [6.07, 6.45) is 15.8. The van der Waals surface area contributed by atoms with Crippen LogP contribution in [0.15, 0.2) is 71.7 Å². The van der Waals surface area contributed by atoms with E-state index < -0.39 is 16.8 Å². The van der Waals surface area contributed by atoms with Crippen LogP contribution in [0.2, 0.25) is 0 Å². The lowest BCUT2D eigenvalue weighted by atomic mass is 9.86. The van der Waals surface area contributed by atoms with Crippen molar-refractivity contribution in [3.8, 4) is 0 Å². The number of benzene rings is 4. The van der Waals surface area contributed by atoms with Crippen molar-refractivity contribution in [1.82, 2.24) is 19.9 Å². The van der Waals surface area contributed by atoms with Crippen molar-refractivity contribution in [2.75, 3.05) is 79.3 Å². The van der Waals surface area contributed by atoms with Crippen LogP contribution in [0.4, 0.5) is 0 Å². The van der Waals surface area contributed by atoms with Gasteiger partial charge in [-0.3, -0.25) is 9.59 Å². The molecule has 0 spiro atoms. The molecule has 20 nitrogen and oxygen atoms in total. The normalized spacial score (nSPS) is 19.0. The largest absolute Gasteiger partial charge is 0.466 e. The summed E-state index contributed by atoms with van der Waals surface area (Å²) in [5.74, 6) is 0.522. The second kappa shape index (κ2) is 41.9. The van der Waals surface area contributed by atoms with E-state index >= 15 is 0 Å². The van der Waals surface area contributed by atoms with E-state index in [1.54, 1.807) is 13.8 Å². The molecule has 0 saturated heterocycles. The maximum Gasteiger partial charge on any atom is 0.330 e. The summed E-state index contributed by atoms with van der Waals surface area (Å²) >= 11 is 3.66. The first-order chi connectivity index (χ1) is 54.2. The Bertz CT molecular complexity index is 4420. The van der Waals surface area contributed by atoms with Crippen LogP contribution in [-0.4, -0.2) is 144 Å². The van der Waals surface area contributed by atoms with Crippen molar-refractivity contribution >= 4 is 89.5 Å². The van der Waals surface area contributed by atoms with Gasteiger partial charge in [0.05, 0.1) is 75.6 Å². The first-order valence-electron chi connectivity index (χ1n) is 41.5. The van der Waals surface area contributed by atoms with Crippen molar-refractivity contribution in [1.29, 1.82) is 0 Å². The van der Waals surface area contributed by atoms with Crippen molar-refractivity contribution in [2.24, 2.45) is 0 Å². The molecule has 0 aliphatic carbocycles. The van der Waals surface area contributed by atoms with Gasteiger partial charge in [-0.2, -0.15) is 0 Å². The van der Waals surface area contributed by atoms with Crippen molar-refractivity contribution in [3.63, 3.8) is 0 Å². The number of carbonyl (C=O) groups excluding carboxylic acids is 4. The molecule has 12 rings (SSSR count). The van der Waals surface area contributed by atoms with Gasteiger partial charge < -0.3 is 78.3 Å². The molecular formula is C92H131BrN4O16. The fraction of sp³-hybridized carbons (Fsp3) is 0.565. The van der Waals surface area contributed by atoms with E-state index in [4.69, 9.17) is 33.2 Å². The molecule has 4 aliphatic heterocycles. The Morgan fingerprint density at radius 3 is 1.04 bits per heavy atom. The lowest BCUT2D eigenvalue weighted by Gasteiger charge is -2.36. The molecule has 21 heteroatoms. The maximum atomic E-state index is 11.8. The lowest BCUT2D eigenvalue weighted by Crippen LogP contribution is -2.36. The van der Waals surface area contributed by atoms with E-state index in [0.29, 0.717) is 121 Å². The Hall–Kier alpha value is -7.44. The summed E-state index contributed by atoms with van der Waals surface area (Å²) in [4.78, 5) is 60.1. The van der Waals surface area contributed by atoms with Gasteiger partial charge in [0.2, 0.25) is 0 Å². The zero-order valence-corrected chi connectivity index (χ0v) is 71.8. The van der Waals surface area contributed by atoms with Crippen LogP contribution in [-0.2, 0) is 118 Å². The number of hydrogen-bond acceptors (Lipinski definition) is 16. The minimum atomic E-state index is -0.462. The Kier molecular flexibility index (Phi) is 33.8. The molecular weight excluding hydrogens is 1500 g/mol. The molecule has 8 heterocycles. The third kappa shape index (κ3) is 20.9. The molecule has 4 aromatic heterocycles. The van der Waals surface area contributed by atoms with Crippen LogP contribution in [0.1, 0.15) is 284 Å². The van der Waals surface area contributed by atoms with Gasteiger partial charge >= 0.3 is 23.9 Å². The number of halogens is 1. The predicted octanol–water partition coefficient (Wildman–Crippen LogP) is 18.7. The van der Waals surface area contributed by atoms with Crippen LogP contribution >= 0.6 is 15.9 Å². The highest BCUT2D eigenvalue weighted by molar-refractivity contribution is 9.10. The van der Waals surface area contributed by atoms with Gasteiger partial charge in [0, 0.05) is 127 Å². The van der Waals surface area contributed by atoms with Gasteiger partial charge in [-0.05, 0) is 219 Å². The van der Waals surface area contributed by atoms with Gasteiger partial charge in [-0.25, -0.2) is 9.59 Å². The Morgan fingerprint density at radius 2 is 0.743 bits per heavy atom. The average molecular weight is 1630 g/mol. The number of nitrogens with one attached hydrogen (secondary N) is 4. The number of ether oxygens (including phenoxy) is 8. The lowest BCUT2D eigenvalue weighted by molar-refractivity contribution is -0.144. The number of hydrogen-bond donors (Lipinski definition) is 8. The highest BCUT2D eigenvalue weighted by atomic mass is 79.9. The summed E-state index contributed by atoms with van der Waals surface area (Å²) in [5, 5.41) is 43.3. The van der Waals surface area contributed by atoms with E-state index in [1.807, 2.05) is 19.9 Å². The van der Waals surface area contributed by atoms with Gasteiger partial charge in [-0.1, -0.05) is 118 Å². The fourth-order valence-corrected chi connectivity index (χ4v) is 17.4. The number of aryl methyl sites for hydroxylation is 2.